The summed E-state index contributed by atoms with van der Waals surface area (Å²) in [5.74, 6) is 1.05. The summed E-state index contributed by atoms with van der Waals surface area (Å²) in [6, 6.07) is 2.01. The van der Waals surface area contributed by atoms with Gasteiger partial charge in [-0.05, 0) is 68.3 Å². The molecular formula is C19H29N3O. The topological polar surface area (TPSA) is 46.9 Å². The van der Waals surface area contributed by atoms with Crippen LogP contribution < -0.4 is 5.32 Å². The van der Waals surface area contributed by atoms with Gasteiger partial charge in [-0.1, -0.05) is 13.8 Å². The van der Waals surface area contributed by atoms with Gasteiger partial charge in [0.15, 0.2) is 0 Å². The largest absolute Gasteiger partial charge is 0.350 e. The summed E-state index contributed by atoms with van der Waals surface area (Å²) in [6.07, 6.45) is 9.08. The lowest BCUT2D eigenvalue weighted by molar-refractivity contribution is -0.170. The first-order valence-corrected chi connectivity index (χ1v) is 9.15. The maximum atomic E-state index is 13.1. The molecule has 4 saturated carbocycles. The summed E-state index contributed by atoms with van der Waals surface area (Å²) in [7, 11) is 0. The van der Waals surface area contributed by atoms with E-state index in [-0.39, 0.29) is 5.41 Å². The first-order chi connectivity index (χ1) is 10.9. The molecule has 126 valence electrons. The zero-order valence-corrected chi connectivity index (χ0v) is 14.7. The maximum Gasteiger partial charge on any atom is 0.226 e. The summed E-state index contributed by atoms with van der Waals surface area (Å²) in [4.78, 5) is 13.1. The molecule has 4 aliphatic carbocycles. The average molecular weight is 315 g/mol. The van der Waals surface area contributed by atoms with Gasteiger partial charge in [-0.3, -0.25) is 9.48 Å². The van der Waals surface area contributed by atoms with Crippen LogP contribution in [-0.2, 0) is 17.9 Å². The molecule has 1 heterocycles. The molecule has 4 heteroatoms. The first kappa shape index (κ1) is 15.2. The zero-order valence-electron chi connectivity index (χ0n) is 14.7. The number of rotatable bonds is 4. The van der Waals surface area contributed by atoms with Gasteiger partial charge in [-0.2, -0.15) is 5.10 Å². The molecule has 0 aromatic carbocycles. The Bertz CT molecular complexity index is 616. The number of amides is 1. The molecular weight excluding hydrogens is 286 g/mol. The fraction of sp³-hybridized carbons (Fsp3) is 0.789. The minimum Gasteiger partial charge on any atom is -0.350 e. The number of nitrogens with one attached hydrogen (secondary N) is 1. The Kier molecular flexibility index (Phi) is 3.20. The van der Waals surface area contributed by atoms with Gasteiger partial charge in [0.1, 0.15) is 0 Å². The van der Waals surface area contributed by atoms with Crippen LogP contribution in [-0.4, -0.2) is 15.7 Å². The van der Waals surface area contributed by atoms with E-state index in [0.29, 0.717) is 23.3 Å². The fourth-order valence-corrected chi connectivity index (χ4v) is 6.85. The summed E-state index contributed by atoms with van der Waals surface area (Å²) in [6.45, 7) is 8.38. The number of aryl methyl sites for hydroxylation is 1. The average Bonchev–Trinajstić information content (AvgIpc) is 2.88. The highest BCUT2D eigenvalue weighted by atomic mass is 16.2. The smallest absolute Gasteiger partial charge is 0.226 e. The molecule has 0 saturated heterocycles. The summed E-state index contributed by atoms with van der Waals surface area (Å²) in [5.41, 5.74) is 1.76. The Morgan fingerprint density at radius 1 is 1.26 bits per heavy atom. The second-order valence-electron chi connectivity index (χ2n) is 9.23. The number of aromatic nitrogens is 2. The van der Waals surface area contributed by atoms with Crippen molar-refractivity contribution in [3.05, 3.63) is 18.0 Å². The Balaban J connectivity index is 1.52. The van der Waals surface area contributed by atoms with Crippen LogP contribution >= 0.6 is 0 Å². The van der Waals surface area contributed by atoms with Crippen LogP contribution in [0.15, 0.2) is 12.3 Å². The van der Waals surface area contributed by atoms with Gasteiger partial charge in [0, 0.05) is 12.7 Å². The van der Waals surface area contributed by atoms with Crippen LogP contribution in [0.25, 0.3) is 0 Å². The number of hydrogen-bond acceptors (Lipinski definition) is 2. The van der Waals surface area contributed by atoms with E-state index in [2.05, 4.69) is 31.2 Å². The molecule has 4 fully saturated rings. The zero-order chi connectivity index (χ0) is 16.3. The molecule has 5 rings (SSSR count). The highest BCUT2D eigenvalue weighted by molar-refractivity contribution is 5.83. The van der Waals surface area contributed by atoms with E-state index >= 15 is 0 Å². The lowest BCUT2D eigenvalue weighted by Crippen LogP contribution is -2.59. The Hall–Kier alpha value is -1.32. The van der Waals surface area contributed by atoms with E-state index in [4.69, 9.17) is 0 Å². The van der Waals surface area contributed by atoms with E-state index < -0.39 is 0 Å². The number of carbonyl (C=O) groups excluding carboxylic acids is 1. The van der Waals surface area contributed by atoms with E-state index in [1.807, 2.05) is 16.9 Å². The van der Waals surface area contributed by atoms with Gasteiger partial charge in [-0.15, -0.1) is 0 Å². The van der Waals surface area contributed by atoms with E-state index in [1.54, 1.807) is 0 Å². The lowest BCUT2D eigenvalue weighted by Gasteiger charge is -2.64. The van der Waals surface area contributed by atoms with Crippen molar-refractivity contribution in [1.29, 1.82) is 0 Å². The maximum absolute atomic E-state index is 13.1. The van der Waals surface area contributed by atoms with Crippen LogP contribution in [0.5, 0.6) is 0 Å². The van der Waals surface area contributed by atoms with Crippen molar-refractivity contribution in [2.24, 2.45) is 22.2 Å². The molecule has 1 N–H and O–H groups in total. The van der Waals surface area contributed by atoms with Crippen molar-refractivity contribution in [3.8, 4) is 0 Å². The van der Waals surface area contributed by atoms with Crippen LogP contribution in [0.1, 0.15) is 65.0 Å². The molecule has 0 aliphatic heterocycles. The highest BCUT2D eigenvalue weighted by Crippen LogP contribution is 2.69. The minimum atomic E-state index is -0.111. The Labute approximate surface area is 139 Å². The second-order valence-corrected chi connectivity index (χ2v) is 9.23. The Morgan fingerprint density at radius 2 is 1.96 bits per heavy atom. The predicted molar refractivity (Wildman–Crippen MR) is 89.6 cm³/mol. The molecule has 2 unspecified atom stereocenters. The van der Waals surface area contributed by atoms with E-state index in [1.165, 1.54) is 19.3 Å². The van der Waals surface area contributed by atoms with Crippen LogP contribution in [0.2, 0.25) is 0 Å². The second kappa shape index (κ2) is 4.84. The van der Waals surface area contributed by atoms with Crippen molar-refractivity contribution >= 4 is 5.91 Å². The molecule has 4 nitrogen and oxygen atoms in total. The van der Waals surface area contributed by atoms with Crippen LogP contribution in [0.3, 0.4) is 0 Å². The predicted octanol–water partition coefficient (Wildman–Crippen LogP) is 3.52. The van der Waals surface area contributed by atoms with Gasteiger partial charge in [-0.25, -0.2) is 0 Å². The van der Waals surface area contributed by atoms with Gasteiger partial charge < -0.3 is 5.32 Å². The summed E-state index contributed by atoms with van der Waals surface area (Å²) < 4.78 is 1.96. The van der Waals surface area contributed by atoms with E-state index in [0.717, 1.165) is 37.4 Å². The summed E-state index contributed by atoms with van der Waals surface area (Å²) >= 11 is 0. The standard InChI is InChI=1S/C19H29N3O/c1-4-22-15(5-6-21-22)10-20-16(23)19-9-14-7-17(2,12-19)11-18(3,8-14)13-19/h5-6,14H,4,7-13H2,1-3H3,(H,20,23)/t14?,17-,18+,19?. The van der Waals surface area contributed by atoms with E-state index in [9.17, 15) is 4.79 Å². The molecule has 4 bridgehead atoms. The highest BCUT2D eigenvalue weighted by Gasteiger charge is 2.62. The minimum absolute atomic E-state index is 0.111. The van der Waals surface area contributed by atoms with Crippen molar-refractivity contribution in [1.82, 2.24) is 15.1 Å². The van der Waals surface area contributed by atoms with Crippen LogP contribution in [0, 0.1) is 22.2 Å². The first-order valence-electron chi connectivity index (χ1n) is 9.15. The molecule has 4 atom stereocenters. The van der Waals surface area contributed by atoms with Crippen molar-refractivity contribution in [2.75, 3.05) is 0 Å². The monoisotopic (exact) mass is 315 g/mol. The quantitative estimate of drug-likeness (QED) is 0.924. The number of carbonyl (C=O) groups is 1. The number of hydrogen-bond donors (Lipinski definition) is 1. The fourth-order valence-electron chi connectivity index (χ4n) is 6.85. The normalized spacial score (nSPS) is 41.3. The van der Waals surface area contributed by atoms with Crippen molar-refractivity contribution < 1.29 is 4.79 Å². The molecule has 0 spiro atoms. The van der Waals surface area contributed by atoms with Gasteiger partial charge in [0.05, 0.1) is 17.7 Å². The Morgan fingerprint density at radius 3 is 2.57 bits per heavy atom. The van der Waals surface area contributed by atoms with Crippen molar-refractivity contribution in [3.63, 3.8) is 0 Å². The van der Waals surface area contributed by atoms with Gasteiger partial charge >= 0.3 is 0 Å². The molecule has 1 amide bonds. The van der Waals surface area contributed by atoms with Gasteiger partial charge in [0.25, 0.3) is 0 Å². The molecule has 1 aromatic heterocycles. The third kappa shape index (κ3) is 2.41. The molecule has 0 radical (unpaired) electrons. The van der Waals surface area contributed by atoms with Crippen molar-refractivity contribution in [2.45, 2.75) is 72.4 Å². The SMILES string of the molecule is CCn1nccc1CNC(=O)C12CC3C[C@@](C)(C1)C[C@](C)(C3)C2. The number of nitrogens with zero attached hydrogens (tertiary/aromatic N) is 2. The third-order valence-electron chi connectivity index (χ3n) is 6.64. The molecule has 4 aliphatic rings. The lowest BCUT2D eigenvalue weighted by atomic mass is 9.40. The van der Waals surface area contributed by atoms with Crippen LogP contribution in [0.4, 0.5) is 0 Å². The summed E-state index contributed by atoms with van der Waals surface area (Å²) in [5, 5.41) is 7.54. The third-order valence-corrected chi connectivity index (χ3v) is 6.64. The molecule has 23 heavy (non-hydrogen) atoms. The molecule has 1 aromatic rings. The van der Waals surface area contributed by atoms with Gasteiger partial charge in [0.2, 0.25) is 5.91 Å².